The van der Waals surface area contributed by atoms with Crippen LogP contribution in [0.1, 0.15) is 42.9 Å². The molecule has 1 aliphatic heterocycles. The van der Waals surface area contributed by atoms with Gasteiger partial charge in [-0.2, -0.15) is 0 Å². The Labute approximate surface area is 199 Å². The summed E-state index contributed by atoms with van der Waals surface area (Å²) in [7, 11) is 0. The van der Waals surface area contributed by atoms with Crippen molar-refractivity contribution in [3.63, 3.8) is 0 Å². The van der Waals surface area contributed by atoms with Gasteiger partial charge in [-0.3, -0.25) is 14.4 Å². The average Bonchev–Trinajstić information content (AvgIpc) is 3.30. The molecule has 2 atom stereocenters. The summed E-state index contributed by atoms with van der Waals surface area (Å²) in [5.41, 5.74) is 8.42. The number of benzene rings is 2. The lowest BCUT2D eigenvalue weighted by Gasteiger charge is -2.25. The third-order valence-electron chi connectivity index (χ3n) is 5.98. The predicted octanol–water partition coefficient (Wildman–Crippen LogP) is 2.07. The van der Waals surface area contributed by atoms with E-state index in [0.29, 0.717) is 38.0 Å². The molecule has 182 valence electrons. The second-order valence-electron chi connectivity index (χ2n) is 8.67. The number of nitrogens with two attached hydrogens (primary N) is 1. The van der Waals surface area contributed by atoms with E-state index in [4.69, 9.17) is 5.73 Å². The van der Waals surface area contributed by atoms with Gasteiger partial charge in [-0.15, -0.1) is 0 Å². The Morgan fingerprint density at radius 1 is 1.09 bits per heavy atom. The van der Waals surface area contributed by atoms with Gasteiger partial charge in [0.05, 0.1) is 6.42 Å². The first kappa shape index (κ1) is 25.4. The van der Waals surface area contributed by atoms with Crippen molar-refractivity contribution in [1.29, 1.82) is 0 Å². The van der Waals surface area contributed by atoms with Crippen molar-refractivity contribution < 1.29 is 18.8 Å². The molecular weight excluding hydrogens is 435 g/mol. The fraction of sp³-hybridized carbons (Fsp3) is 0.423. The van der Waals surface area contributed by atoms with E-state index in [2.05, 4.69) is 10.6 Å². The summed E-state index contributed by atoms with van der Waals surface area (Å²) in [4.78, 5) is 38.9. The smallest absolute Gasteiger partial charge is 0.243 e. The van der Waals surface area contributed by atoms with Gasteiger partial charge in [-0.1, -0.05) is 42.5 Å². The highest BCUT2D eigenvalue weighted by atomic mass is 19.1. The first-order valence-electron chi connectivity index (χ1n) is 11.8. The molecule has 0 aliphatic carbocycles. The van der Waals surface area contributed by atoms with E-state index in [-0.39, 0.29) is 36.4 Å². The van der Waals surface area contributed by atoms with Gasteiger partial charge in [0.1, 0.15) is 11.9 Å². The van der Waals surface area contributed by atoms with Crippen LogP contribution in [0.5, 0.6) is 0 Å². The summed E-state index contributed by atoms with van der Waals surface area (Å²) in [6, 6.07) is 12.9. The molecule has 0 unspecified atom stereocenters. The van der Waals surface area contributed by atoms with Crippen LogP contribution in [0.4, 0.5) is 4.39 Å². The van der Waals surface area contributed by atoms with Crippen LogP contribution in [0.25, 0.3) is 0 Å². The highest BCUT2D eigenvalue weighted by molar-refractivity contribution is 5.88. The standard InChI is InChI=1S/C26H33FN4O3/c1-2-29-24(32)14-18-9-11-19(12-10-18)17-30-26(34)23-8-5-13-31(23)25(33)16-21(28)15-20-6-3-4-7-22(20)27/h3-4,6-7,9-12,21,23H,2,5,8,13-17,28H2,1H3,(H,29,32)(H,30,34)/t21-,23+/m1/s1. The van der Waals surface area contributed by atoms with Crippen LogP contribution in [-0.2, 0) is 33.8 Å². The normalized spacial score (nSPS) is 16.2. The maximum absolute atomic E-state index is 13.9. The van der Waals surface area contributed by atoms with E-state index < -0.39 is 12.1 Å². The third-order valence-corrected chi connectivity index (χ3v) is 5.98. The van der Waals surface area contributed by atoms with E-state index in [0.717, 1.165) is 17.5 Å². The monoisotopic (exact) mass is 468 g/mol. The number of likely N-dealkylation sites (tertiary alicyclic amines) is 1. The lowest BCUT2D eigenvalue weighted by Crippen LogP contribution is -2.47. The summed E-state index contributed by atoms with van der Waals surface area (Å²) in [5.74, 6) is -0.736. The van der Waals surface area contributed by atoms with Gasteiger partial charge in [0.25, 0.3) is 0 Å². The number of hydrogen-bond donors (Lipinski definition) is 3. The van der Waals surface area contributed by atoms with Gasteiger partial charge in [0, 0.05) is 32.1 Å². The molecule has 0 radical (unpaired) electrons. The fourth-order valence-corrected chi connectivity index (χ4v) is 4.22. The Morgan fingerprint density at radius 2 is 1.79 bits per heavy atom. The number of likely N-dealkylation sites (N-methyl/N-ethyl adjacent to an activating group) is 1. The average molecular weight is 469 g/mol. The first-order chi connectivity index (χ1) is 16.4. The number of halogens is 1. The molecule has 2 aromatic rings. The van der Waals surface area contributed by atoms with Crippen LogP contribution < -0.4 is 16.4 Å². The zero-order valence-electron chi connectivity index (χ0n) is 19.6. The molecule has 0 aromatic heterocycles. The molecule has 1 saturated heterocycles. The van der Waals surface area contributed by atoms with Gasteiger partial charge in [-0.05, 0) is 48.9 Å². The molecule has 3 rings (SSSR count). The maximum atomic E-state index is 13.9. The molecule has 0 spiro atoms. The van der Waals surface area contributed by atoms with Crippen LogP contribution in [0.2, 0.25) is 0 Å². The SMILES string of the molecule is CCNC(=O)Cc1ccc(CNC(=O)[C@@H]2CCCN2C(=O)C[C@H](N)Cc2ccccc2F)cc1. The maximum Gasteiger partial charge on any atom is 0.243 e. The Hall–Kier alpha value is -3.26. The largest absolute Gasteiger partial charge is 0.356 e. The summed E-state index contributed by atoms with van der Waals surface area (Å²) in [6.45, 7) is 3.33. The number of carbonyl (C=O) groups excluding carboxylic acids is 3. The second kappa shape index (κ2) is 12.3. The Kier molecular flexibility index (Phi) is 9.16. The van der Waals surface area contributed by atoms with Crippen molar-refractivity contribution in [2.45, 2.75) is 57.7 Å². The molecule has 0 bridgehead atoms. The lowest BCUT2D eigenvalue weighted by molar-refractivity contribution is -0.138. The van der Waals surface area contributed by atoms with Gasteiger partial charge >= 0.3 is 0 Å². The van der Waals surface area contributed by atoms with Crippen molar-refractivity contribution in [2.75, 3.05) is 13.1 Å². The van der Waals surface area contributed by atoms with E-state index in [9.17, 15) is 18.8 Å². The molecule has 7 nitrogen and oxygen atoms in total. The minimum atomic E-state index is -0.523. The zero-order chi connectivity index (χ0) is 24.5. The van der Waals surface area contributed by atoms with Crippen molar-refractivity contribution in [3.8, 4) is 0 Å². The molecule has 1 fully saturated rings. The van der Waals surface area contributed by atoms with Crippen molar-refractivity contribution >= 4 is 17.7 Å². The van der Waals surface area contributed by atoms with Crippen molar-refractivity contribution in [2.24, 2.45) is 5.73 Å². The lowest BCUT2D eigenvalue weighted by atomic mass is 10.0. The Morgan fingerprint density at radius 3 is 2.50 bits per heavy atom. The number of rotatable bonds is 10. The summed E-state index contributed by atoms with van der Waals surface area (Å²) < 4.78 is 13.9. The third kappa shape index (κ3) is 7.12. The van der Waals surface area contributed by atoms with Gasteiger partial charge in [0.15, 0.2) is 0 Å². The van der Waals surface area contributed by atoms with Gasteiger partial charge < -0.3 is 21.3 Å². The quantitative estimate of drug-likeness (QED) is 0.497. The van der Waals surface area contributed by atoms with E-state index in [1.165, 1.54) is 6.07 Å². The second-order valence-corrected chi connectivity index (χ2v) is 8.67. The minimum Gasteiger partial charge on any atom is -0.356 e. The highest BCUT2D eigenvalue weighted by Gasteiger charge is 2.34. The zero-order valence-corrected chi connectivity index (χ0v) is 19.6. The fourth-order valence-electron chi connectivity index (χ4n) is 4.22. The van der Waals surface area contributed by atoms with Crippen molar-refractivity contribution in [1.82, 2.24) is 15.5 Å². The number of hydrogen-bond acceptors (Lipinski definition) is 4. The van der Waals surface area contributed by atoms with Crippen LogP contribution in [0.3, 0.4) is 0 Å². The molecule has 2 aromatic carbocycles. The van der Waals surface area contributed by atoms with E-state index in [1.807, 2.05) is 31.2 Å². The topological polar surface area (TPSA) is 105 Å². The summed E-state index contributed by atoms with van der Waals surface area (Å²) in [5, 5.41) is 5.68. The molecule has 34 heavy (non-hydrogen) atoms. The van der Waals surface area contributed by atoms with E-state index in [1.54, 1.807) is 23.1 Å². The number of carbonyl (C=O) groups is 3. The van der Waals surface area contributed by atoms with Crippen molar-refractivity contribution in [3.05, 3.63) is 71.0 Å². The summed E-state index contributed by atoms with van der Waals surface area (Å²) >= 11 is 0. The number of nitrogens with zero attached hydrogens (tertiary/aromatic N) is 1. The predicted molar refractivity (Wildman–Crippen MR) is 128 cm³/mol. The number of nitrogens with one attached hydrogen (secondary N) is 2. The summed E-state index contributed by atoms with van der Waals surface area (Å²) in [6.07, 6.45) is 2.00. The molecule has 0 saturated carbocycles. The molecule has 4 N–H and O–H groups in total. The van der Waals surface area contributed by atoms with Crippen LogP contribution in [0.15, 0.2) is 48.5 Å². The molecule has 1 aliphatic rings. The van der Waals surface area contributed by atoms with Crippen LogP contribution in [0, 0.1) is 5.82 Å². The molecule has 3 amide bonds. The van der Waals surface area contributed by atoms with Crippen LogP contribution >= 0.6 is 0 Å². The Bertz CT molecular complexity index is 996. The Balaban J connectivity index is 1.49. The molecule has 1 heterocycles. The molecular formula is C26H33FN4O3. The molecule has 8 heteroatoms. The number of amides is 3. The highest BCUT2D eigenvalue weighted by Crippen LogP contribution is 2.20. The first-order valence-corrected chi connectivity index (χ1v) is 11.8. The van der Waals surface area contributed by atoms with E-state index >= 15 is 0 Å². The van der Waals surface area contributed by atoms with Gasteiger partial charge in [0.2, 0.25) is 17.7 Å². The van der Waals surface area contributed by atoms with Crippen LogP contribution in [-0.4, -0.2) is 47.8 Å². The minimum absolute atomic E-state index is 0.0248. The van der Waals surface area contributed by atoms with Gasteiger partial charge in [-0.25, -0.2) is 4.39 Å².